The molecule has 0 bridgehead atoms. The van der Waals surface area contributed by atoms with E-state index in [1.807, 2.05) is 31.2 Å². The fourth-order valence-electron chi connectivity index (χ4n) is 1.28. The van der Waals surface area contributed by atoms with E-state index in [2.05, 4.69) is 10.6 Å². The van der Waals surface area contributed by atoms with Crippen molar-refractivity contribution in [3.8, 4) is 0 Å². The van der Waals surface area contributed by atoms with Crippen LogP contribution in [0.4, 0.5) is 4.79 Å². The third-order valence-electron chi connectivity index (χ3n) is 2.56. The molecule has 0 aliphatic carbocycles. The summed E-state index contributed by atoms with van der Waals surface area (Å²) in [6.07, 6.45) is 0. The van der Waals surface area contributed by atoms with Gasteiger partial charge in [0.1, 0.15) is 0 Å². The number of nitrogens with one attached hydrogen (secondary N) is 2. The van der Waals surface area contributed by atoms with E-state index in [9.17, 15) is 9.59 Å². The molecule has 0 aliphatic heterocycles. The minimum atomic E-state index is -0.922. The third-order valence-corrected chi connectivity index (χ3v) is 2.56. The number of aryl methyl sites for hydroxylation is 1. The SMILES string of the molecule is Cc1ccc(CNC(=O)NC[C@H](C)C(=O)O)cc1. The Bertz CT molecular complexity index is 415. The van der Waals surface area contributed by atoms with Gasteiger partial charge < -0.3 is 15.7 Å². The zero-order valence-corrected chi connectivity index (χ0v) is 10.6. The predicted molar refractivity (Wildman–Crippen MR) is 68.2 cm³/mol. The van der Waals surface area contributed by atoms with Crippen LogP contribution in [0.3, 0.4) is 0 Å². The average molecular weight is 250 g/mol. The van der Waals surface area contributed by atoms with Crippen molar-refractivity contribution in [1.29, 1.82) is 0 Å². The molecule has 3 N–H and O–H groups in total. The number of benzene rings is 1. The quantitative estimate of drug-likeness (QED) is 0.741. The molecule has 5 nitrogen and oxygen atoms in total. The number of hydrogen-bond donors (Lipinski definition) is 3. The van der Waals surface area contributed by atoms with Gasteiger partial charge in [-0.15, -0.1) is 0 Å². The van der Waals surface area contributed by atoms with Gasteiger partial charge in [0.25, 0.3) is 0 Å². The number of carboxylic acids is 1. The molecule has 1 aromatic rings. The van der Waals surface area contributed by atoms with Crippen LogP contribution >= 0.6 is 0 Å². The molecule has 0 saturated carbocycles. The molecule has 0 radical (unpaired) electrons. The van der Waals surface area contributed by atoms with Crippen LogP contribution in [0.25, 0.3) is 0 Å². The number of urea groups is 1. The number of carboxylic acid groups (broad SMARTS) is 1. The fraction of sp³-hybridized carbons (Fsp3) is 0.385. The van der Waals surface area contributed by atoms with E-state index in [0.29, 0.717) is 6.54 Å². The summed E-state index contributed by atoms with van der Waals surface area (Å²) in [5.74, 6) is -1.51. The lowest BCUT2D eigenvalue weighted by atomic mass is 10.1. The summed E-state index contributed by atoms with van der Waals surface area (Å²) < 4.78 is 0. The molecule has 18 heavy (non-hydrogen) atoms. The summed E-state index contributed by atoms with van der Waals surface area (Å²) in [5, 5.41) is 13.8. The number of hydrogen-bond acceptors (Lipinski definition) is 2. The van der Waals surface area contributed by atoms with Crippen LogP contribution < -0.4 is 10.6 Å². The highest BCUT2D eigenvalue weighted by molar-refractivity contribution is 5.75. The van der Waals surface area contributed by atoms with Crippen molar-refractivity contribution in [3.63, 3.8) is 0 Å². The molecule has 0 saturated heterocycles. The minimum Gasteiger partial charge on any atom is -0.481 e. The highest BCUT2D eigenvalue weighted by atomic mass is 16.4. The Morgan fingerprint density at radius 1 is 1.22 bits per heavy atom. The molecule has 1 rings (SSSR count). The van der Waals surface area contributed by atoms with Gasteiger partial charge in [-0.25, -0.2) is 4.79 Å². The summed E-state index contributed by atoms with van der Waals surface area (Å²) in [7, 11) is 0. The van der Waals surface area contributed by atoms with Crippen LogP contribution in [0.15, 0.2) is 24.3 Å². The Hall–Kier alpha value is -2.04. The van der Waals surface area contributed by atoms with Crippen LogP contribution in [-0.2, 0) is 11.3 Å². The smallest absolute Gasteiger partial charge is 0.315 e. The standard InChI is InChI=1S/C13H18N2O3/c1-9-3-5-11(6-4-9)8-15-13(18)14-7-10(2)12(16)17/h3-6,10H,7-8H2,1-2H3,(H,16,17)(H2,14,15,18)/t10-/m0/s1. The van der Waals surface area contributed by atoms with Crippen LogP contribution in [0, 0.1) is 12.8 Å². The van der Waals surface area contributed by atoms with E-state index in [-0.39, 0.29) is 12.6 Å². The maximum Gasteiger partial charge on any atom is 0.315 e. The normalized spacial score (nSPS) is 11.7. The van der Waals surface area contributed by atoms with Crippen molar-refractivity contribution < 1.29 is 14.7 Å². The first-order valence-corrected chi connectivity index (χ1v) is 5.79. The summed E-state index contributed by atoms with van der Waals surface area (Å²) in [4.78, 5) is 21.9. The second-order valence-electron chi connectivity index (χ2n) is 4.29. The minimum absolute atomic E-state index is 0.120. The lowest BCUT2D eigenvalue weighted by Crippen LogP contribution is -2.38. The number of carbonyl (C=O) groups is 2. The predicted octanol–water partition coefficient (Wildman–Crippen LogP) is 1.51. The first kappa shape index (κ1) is 14.0. The molecule has 98 valence electrons. The molecule has 0 aliphatic rings. The number of amides is 2. The summed E-state index contributed by atoms with van der Waals surface area (Å²) in [6, 6.07) is 7.47. The van der Waals surface area contributed by atoms with Gasteiger partial charge in [-0.3, -0.25) is 4.79 Å². The lowest BCUT2D eigenvalue weighted by molar-refractivity contribution is -0.140. The van der Waals surface area contributed by atoms with Gasteiger partial charge in [0.2, 0.25) is 0 Å². The average Bonchev–Trinajstić information content (AvgIpc) is 2.35. The van der Waals surface area contributed by atoms with Crippen LogP contribution in [-0.4, -0.2) is 23.7 Å². The third kappa shape index (κ3) is 4.86. The van der Waals surface area contributed by atoms with Gasteiger partial charge in [-0.05, 0) is 12.5 Å². The first-order valence-electron chi connectivity index (χ1n) is 5.79. The number of rotatable bonds is 5. The van der Waals surface area contributed by atoms with Crippen molar-refractivity contribution in [2.45, 2.75) is 20.4 Å². The second-order valence-corrected chi connectivity index (χ2v) is 4.29. The van der Waals surface area contributed by atoms with Gasteiger partial charge in [-0.2, -0.15) is 0 Å². The molecular weight excluding hydrogens is 232 g/mol. The Morgan fingerprint density at radius 2 is 1.83 bits per heavy atom. The van der Waals surface area contributed by atoms with Crippen molar-refractivity contribution in [1.82, 2.24) is 10.6 Å². The van der Waals surface area contributed by atoms with E-state index in [4.69, 9.17) is 5.11 Å². The molecule has 5 heteroatoms. The van der Waals surface area contributed by atoms with E-state index in [1.165, 1.54) is 5.56 Å². The zero-order valence-electron chi connectivity index (χ0n) is 10.6. The van der Waals surface area contributed by atoms with E-state index in [0.717, 1.165) is 5.56 Å². The first-order chi connectivity index (χ1) is 8.49. The van der Waals surface area contributed by atoms with E-state index >= 15 is 0 Å². The van der Waals surface area contributed by atoms with Gasteiger partial charge >= 0.3 is 12.0 Å². The topological polar surface area (TPSA) is 78.4 Å². The molecule has 0 fully saturated rings. The number of aliphatic carboxylic acids is 1. The zero-order chi connectivity index (χ0) is 13.5. The molecule has 0 aromatic heterocycles. The maximum absolute atomic E-state index is 11.4. The molecule has 0 unspecified atom stereocenters. The number of carbonyl (C=O) groups excluding carboxylic acids is 1. The Labute approximate surface area is 106 Å². The van der Waals surface area contributed by atoms with Crippen LogP contribution in [0.2, 0.25) is 0 Å². The van der Waals surface area contributed by atoms with E-state index < -0.39 is 11.9 Å². The summed E-state index contributed by atoms with van der Waals surface area (Å²) >= 11 is 0. The molecule has 1 aromatic carbocycles. The fourth-order valence-corrected chi connectivity index (χ4v) is 1.28. The van der Waals surface area contributed by atoms with Crippen LogP contribution in [0.1, 0.15) is 18.1 Å². The van der Waals surface area contributed by atoms with Crippen LogP contribution in [0.5, 0.6) is 0 Å². The summed E-state index contributed by atoms with van der Waals surface area (Å²) in [5.41, 5.74) is 2.17. The summed E-state index contributed by atoms with van der Waals surface area (Å²) in [6.45, 7) is 4.09. The Morgan fingerprint density at radius 3 is 2.39 bits per heavy atom. The van der Waals surface area contributed by atoms with E-state index in [1.54, 1.807) is 6.92 Å². The van der Waals surface area contributed by atoms with Crippen molar-refractivity contribution in [2.24, 2.45) is 5.92 Å². The molecule has 0 spiro atoms. The van der Waals surface area contributed by atoms with Gasteiger partial charge in [0.15, 0.2) is 0 Å². The van der Waals surface area contributed by atoms with Crippen molar-refractivity contribution >= 4 is 12.0 Å². The van der Waals surface area contributed by atoms with Gasteiger partial charge in [-0.1, -0.05) is 36.8 Å². The monoisotopic (exact) mass is 250 g/mol. The molecule has 1 atom stereocenters. The largest absolute Gasteiger partial charge is 0.481 e. The lowest BCUT2D eigenvalue weighted by Gasteiger charge is -2.10. The van der Waals surface area contributed by atoms with Crippen molar-refractivity contribution in [3.05, 3.63) is 35.4 Å². The van der Waals surface area contributed by atoms with Gasteiger partial charge in [0, 0.05) is 13.1 Å². The Balaban J connectivity index is 2.29. The molecular formula is C13H18N2O3. The highest BCUT2D eigenvalue weighted by Crippen LogP contribution is 2.02. The van der Waals surface area contributed by atoms with Gasteiger partial charge in [0.05, 0.1) is 5.92 Å². The second kappa shape index (κ2) is 6.64. The highest BCUT2D eigenvalue weighted by Gasteiger charge is 2.11. The molecule has 2 amide bonds. The van der Waals surface area contributed by atoms with Crippen molar-refractivity contribution in [2.75, 3.05) is 6.54 Å². The molecule has 0 heterocycles. The Kier molecular flexibility index (Phi) is 5.17. The maximum atomic E-state index is 11.4.